The molecular formula is C8H11NO2. The van der Waals surface area contributed by atoms with Crippen LogP contribution in [0.15, 0.2) is 0 Å². The first kappa shape index (κ1) is 6.83. The van der Waals surface area contributed by atoms with E-state index in [9.17, 15) is 9.59 Å². The van der Waals surface area contributed by atoms with Gasteiger partial charge in [-0.3, -0.25) is 9.59 Å². The molecular weight excluding hydrogens is 142 g/mol. The first-order valence-corrected chi connectivity index (χ1v) is 4.08. The number of carbonyl (C=O) groups is 2. The second-order valence-corrected chi connectivity index (χ2v) is 3.41. The van der Waals surface area contributed by atoms with Gasteiger partial charge >= 0.3 is 0 Å². The highest BCUT2D eigenvalue weighted by Gasteiger charge is 2.34. The molecule has 0 spiro atoms. The molecule has 2 fully saturated rings. The lowest BCUT2D eigenvalue weighted by Crippen LogP contribution is -2.47. The fraction of sp³-hybridized carbons (Fsp3) is 0.750. The van der Waals surface area contributed by atoms with E-state index in [-0.39, 0.29) is 17.6 Å². The van der Waals surface area contributed by atoms with Gasteiger partial charge in [0.1, 0.15) is 5.78 Å². The molecule has 1 N–H and O–H groups in total. The Morgan fingerprint density at radius 3 is 3.00 bits per heavy atom. The Kier molecular flexibility index (Phi) is 1.44. The van der Waals surface area contributed by atoms with Crippen molar-refractivity contribution in [1.82, 2.24) is 5.32 Å². The average molecular weight is 153 g/mol. The molecule has 1 amide bonds. The van der Waals surface area contributed by atoms with Gasteiger partial charge in [0.05, 0.1) is 0 Å². The SMILES string of the molecule is O=C1C[C@@H]2C[C@@H](CCC2=O)N1. The van der Waals surface area contributed by atoms with E-state index in [0.717, 1.165) is 12.8 Å². The normalized spacial score (nSPS) is 36.7. The van der Waals surface area contributed by atoms with Crippen LogP contribution in [-0.2, 0) is 9.59 Å². The first-order valence-electron chi connectivity index (χ1n) is 4.08. The zero-order valence-corrected chi connectivity index (χ0v) is 6.30. The molecule has 1 saturated heterocycles. The van der Waals surface area contributed by atoms with Crippen molar-refractivity contribution >= 4 is 11.7 Å². The number of fused-ring (bicyclic) bond motifs is 2. The summed E-state index contributed by atoms with van der Waals surface area (Å²) < 4.78 is 0. The van der Waals surface area contributed by atoms with E-state index in [2.05, 4.69) is 5.32 Å². The summed E-state index contributed by atoms with van der Waals surface area (Å²) >= 11 is 0. The molecule has 0 aromatic carbocycles. The van der Waals surface area contributed by atoms with Crippen molar-refractivity contribution in [2.45, 2.75) is 31.7 Å². The Morgan fingerprint density at radius 2 is 2.18 bits per heavy atom. The molecule has 0 radical (unpaired) electrons. The first-order chi connectivity index (χ1) is 5.25. The van der Waals surface area contributed by atoms with E-state index < -0.39 is 0 Å². The molecule has 1 aliphatic heterocycles. The van der Waals surface area contributed by atoms with Crippen molar-refractivity contribution in [3.63, 3.8) is 0 Å². The van der Waals surface area contributed by atoms with Crippen molar-refractivity contribution in [3.05, 3.63) is 0 Å². The Hall–Kier alpha value is -0.860. The molecule has 2 atom stereocenters. The second kappa shape index (κ2) is 2.32. The molecule has 2 aliphatic rings. The molecule has 60 valence electrons. The third-order valence-electron chi connectivity index (χ3n) is 2.56. The lowest BCUT2D eigenvalue weighted by atomic mass is 9.80. The van der Waals surface area contributed by atoms with Gasteiger partial charge in [0.2, 0.25) is 5.91 Å². The molecule has 2 bridgehead atoms. The third kappa shape index (κ3) is 1.15. The van der Waals surface area contributed by atoms with Crippen molar-refractivity contribution in [2.75, 3.05) is 0 Å². The number of hydrogen-bond acceptors (Lipinski definition) is 2. The smallest absolute Gasteiger partial charge is 0.220 e. The van der Waals surface area contributed by atoms with Gasteiger partial charge in [0, 0.05) is 24.8 Å². The molecule has 0 unspecified atom stereocenters. The molecule has 0 aromatic heterocycles. The topological polar surface area (TPSA) is 46.2 Å². The summed E-state index contributed by atoms with van der Waals surface area (Å²) in [4.78, 5) is 22.1. The maximum Gasteiger partial charge on any atom is 0.220 e. The largest absolute Gasteiger partial charge is 0.353 e. The Labute approximate surface area is 65.2 Å². The monoisotopic (exact) mass is 153 g/mol. The maximum atomic E-state index is 11.2. The van der Waals surface area contributed by atoms with Crippen molar-refractivity contribution < 1.29 is 9.59 Å². The van der Waals surface area contributed by atoms with E-state index in [1.807, 2.05) is 0 Å². The average Bonchev–Trinajstić information content (AvgIpc) is 1.97. The summed E-state index contributed by atoms with van der Waals surface area (Å²) in [7, 11) is 0. The van der Waals surface area contributed by atoms with E-state index in [4.69, 9.17) is 0 Å². The standard InChI is InChI=1S/C8H11NO2/c10-7-2-1-6-3-5(7)4-8(11)9-6/h5-6H,1-4H2,(H,9,11)/t5-,6+/m0/s1. The van der Waals surface area contributed by atoms with Crippen LogP contribution in [0.3, 0.4) is 0 Å². The molecule has 0 aromatic rings. The number of ketones is 1. The van der Waals surface area contributed by atoms with Gasteiger partial charge < -0.3 is 5.32 Å². The van der Waals surface area contributed by atoms with Gasteiger partial charge in [0.25, 0.3) is 0 Å². The number of nitrogens with one attached hydrogen (secondary N) is 1. The van der Waals surface area contributed by atoms with Crippen LogP contribution >= 0.6 is 0 Å². The molecule has 3 nitrogen and oxygen atoms in total. The van der Waals surface area contributed by atoms with Crippen LogP contribution in [0.4, 0.5) is 0 Å². The zero-order chi connectivity index (χ0) is 7.84. The van der Waals surface area contributed by atoms with Gasteiger partial charge in [-0.05, 0) is 12.8 Å². The predicted octanol–water partition coefficient (Wildman–Crippen LogP) is 0.244. The van der Waals surface area contributed by atoms with Gasteiger partial charge in [-0.15, -0.1) is 0 Å². The zero-order valence-electron chi connectivity index (χ0n) is 6.30. The number of piperidine rings is 1. The molecule has 2 rings (SSSR count). The number of hydrogen-bond donors (Lipinski definition) is 1. The van der Waals surface area contributed by atoms with E-state index in [0.29, 0.717) is 18.9 Å². The lowest BCUT2D eigenvalue weighted by Gasteiger charge is -2.33. The van der Waals surface area contributed by atoms with Crippen LogP contribution in [0.1, 0.15) is 25.7 Å². The Balaban J connectivity index is 2.14. The number of Topliss-reactive ketones (excluding diaryl/α,β-unsaturated/α-hetero) is 1. The summed E-state index contributed by atoms with van der Waals surface area (Å²) in [5.41, 5.74) is 0. The van der Waals surface area contributed by atoms with E-state index in [1.54, 1.807) is 0 Å². The van der Waals surface area contributed by atoms with Crippen LogP contribution in [0.2, 0.25) is 0 Å². The van der Waals surface area contributed by atoms with Gasteiger partial charge in [-0.2, -0.15) is 0 Å². The molecule has 1 aliphatic carbocycles. The minimum Gasteiger partial charge on any atom is -0.353 e. The summed E-state index contributed by atoms with van der Waals surface area (Å²) in [6.07, 6.45) is 2.82. The van der Waals surface area contributed by atoms with Gasteiger partial charge in [-0.1, -0.05) is 0 Å². The molecule has 11 heavy (non-hydrogen) atoms. The van der Waals surface area contributed by atoms with Crippen LogP contribution < -0.4 is 5.32 Å². The number of carbonyl (C=O) groups excluding carboxylic acids is 2. The van der Waals surface area contributed by atoms with Crippen LogP contribution in [-0.4, -0.2) is 17.7 Å². The van der Waals surface area contributed by atoms with Crippen LogP contribution in [0.25, 0.3) is 0 Å². The fourth-order valence-electron chi connectivity index (χ4n) is 1.95. The Bertz CT molecular complexity index is 212. The van der Waals surface area contributed by atoms with Crippen LogP contribution in [0.5, 0.6) is 0 Å². The molecule has 3 heteroatoms. The molecule has 1 saturated carbocycles. The summed E-state index contributed by atoms with van der Waals surface area (Å²) in [6, 6.07) is 0.291. The minimum absolute atomic E-state index is 0.0440. The van der Waals surface area contributed by atoms with Gasteiger partial charge in [-0.25, -0.2) is 0 Å². The quantitative estimate of drug-likeness (QED) is 0.542. The van der Waals surface area contributed by atoms with E-state index in [1.165, 1.54) is 0 Å². The summed E-state index contributed by atoms with van der Waals surface area (Å²) in [6.45, 7) is 0. The fourth-order valence-corrected chi connectivity index (χ4v) is 1.95. The summed E-state index contributed by atoms with van der Waals surface area (Å²) in [5.74, 6) is 0.387. The highest BCUT2D eigenvalue weighted by molar-refractivity contribution is 5.89. The van der Waals surface area contributed by atoms with Crippen molar-refractivity contribution in [2.24, 2.45) is 5.92 Å². The van der Waals surface area contributed by atoms with Crippen molar-refractivity contribution in [3.8, 4) is 0 Å². The maximum absolute atomic E-state index is 11.2. The third-order valence-corrected chi connectivity index (χ3v) is 2.56. The predicted molar refractivity (Wildman–Crippen MR) is 38.9 cm³/mol. The van der Waals surface area contributed by atoms with E-state index >= 15 is 0 Å². The Morgan fingerprint density at radius 1 is 1.36 bits per heavy atom. The molecule has 1 heterocycles. The second-order valence-electron chi connectivity index (χ2n) is 3.41. The highest BCUT2D eigenvalue weighted by Crippen LogP contribution is 2.27. The number of amides is 1. The number of rotatable bonds is 0. The summed E-state index contributed by atoms with van der Waals surface area (Å²) in [5, 5.41) is 2.88. The lowest BCUT2D eigenvalue weighted by molar-refractivity contribution is -0.135. The minimum atomic E-state index is 0.0440. The van der Waals surface area contributed by atoms with Crippen molar-refractivity contribution in [1.29, 1.82) is 0 Å². The highest BCUT2D eigenvalue weighted by atomic mass is 16.2. The van der Waals surface area contributed by atoms with Crippen LogP contribution in [0, 0.1) is 5.92 Å². The van der Waals surface area contributed by atoms with Gasteiger partial charge in [0.15, 0.2) is 0 Å².